The third-order valence-corrected chi connectivity index (χ3v) is 1.88. The van der Waals surface area contributed by atoms with E-state index < -0.39 is 0 Å². The first kappa shape index (κ1) is 15.7. The average Bonchev–Trinajstić information content (AvgIpc) is 2.21. The summed E-state index contributed by atoms with van der Waals surface area (Å²) in [5.74, 6) is 0. The molecule has 62 valence electrons. The number of hydrogen-bond acceptors (Lipinski definition) is 0. The summed E-state index contributed by atoms with van der Waals surface area (Å²) in [6, 6.07) is 20.8. The van der Waals surface area contributed by atoms with E-state index in [2.05, 4.69) is 48.5 Å². The first-order chi connectivity index (χ1) is 5.97. The molecular formula is C12H12K2. The van der Waals surface area contributed by atoms with Gasteiger partial charge in [-0.15, -0.1) is 0 Å². The summed E-state index contributed by atoms with van der Waals surface area (Å²) in [7, 11) is 0. The fraction of sp³-hybridized carbons (Fsp3) is 0. The fourth-order valence-electron chi connectivity index (χ4n) is 1.26. The van der Waals surface area contributed by atoms with Crippen molar-refractivity contribution in [2.24, 2.45) is 0 Å². The summed E-state index contributed by atoms with van der Waals surface area (Å²) in [5, 5.41) is 0. The maximum Gasteiger partial charge on any atom is -0.0184 e. The van der Waals surface area contributed by atoms with Crippen LogP contribution in [-0.2, 0) is 0 Å². The zero-order valence-corrected chi connectivity index (χ0v) is 6.77. The molecule has 0 radical (unpaired) electrons. The van der Waals surface area contributed by atoms with Crippen LogP contribution >= 0.6 is 0 Å². The van der Waals surface area contributed by atoms with Gasteiger partial charge in [-0.25, -0.2) is 0 Å². The van der Waals surface area contributed by atoms with E-state index in [1.54, 1.807) is 0 Å². The molecule has 14 heavy (non-hydrogen) atoms. The molecule has 0 N–H and O–H groups in total. The summed E-state index contributed by atoms with van der Waals surface area (Å²) in [6.45, 7) is 0. The van der Waals surface area contributed by atoms with Crippen LogP contribution in [-0.4, -0.2) is 103 Å². The Morgan fingerprint density at radius 3 is 1.00 bits per heavy atom. The van der Waals surface area contributed by atoms with Crippen molar-refractivity contribution in [3.05, 3.63) is 60.7 Å². The number of benzene rings is 2. The smallest absolute Gasteiger partial charge is 0.0184 e. The minimum Gasteiger partial charge on any atom is -0.0622 e. The molecule has 0 bridgehead atoms. The van der Waals surface area contributed by atoms with Crippen LogP contribution in [0.5, 0.6) is 0 Å². The Kier molecular flexibility index (Phi) is 9.90. The topological polar surface area (TPSA) is 0 Å². The molecule has 0 atom stereocenters. The monoisotopic (exact) mass is 234 g/mol. The molecule has 0 heterocycles. The molecule has 2 rings (SSSR count). The maximum atomic E-state index is 2.12. The van der Waals surface area contributed by atoms with Crippen molar-refractivity contribution >= 4 is 103 Å². The van der Waals surface area contributed by atoms with E-state index in [-0.39, 0.29) is 103 Å². The van der Waals surface area contributed by atoms with Crippen LogP contribution in [0.25, 0.3) is 11.1 Å². The van der Waals surface area contributed by atoms with Gasteiger partial charge in [0.1, 0.15) is 0 Å². The Labute approximate surface area is 170 Å². The second-order valence-electron chi connectivity index (χ2n) is 2.73. The minimum absolute atomic E-state index is 0. The second kappa shape index (κ2) is 8.82. The van der Waals surface area contributed by atoms with E-state index in [0.29, 0.717) is 0 Å². The minimum atomic E-state index is 0. The van der Waals surface area contributed by atoms with E-state index in [4.69, 9.17) is 0 Å². The largest absolute Gasteiger partial charge is 0.0622 e. The van der Waals surface area contributed by atoms with E-state index >= 15 is 0 Å². The normalized spacial score (nSPS) is 8.29. The van der Waals surface area contributed by atoms with Crippen molar-refractivity contribution < 1.29 is 0 Å². The molecule has 0 amide bonds. The SMILES string of the molecule is [KH].[KH].c1ccc(-c2ccccc2)cc1. The molecule has 0 spiro atoms. The van der Waals surface area contributed by atoms with Crippen LogP contribution in [0.4, 0.5) is 0 Å². The number of hydrogen-bond donors (Lipinski definition) is 0. The molecule has 2 aromatic carbocycles. The van der Waals surface area contributed by atoms with E-state index in [9.17, 15) is 0 Å². The van der Waals surface area contributed by atoms with Crippen molar-refractivity contribution in [2.75, 3.05) is 0 Å². The first-order valence-electron chi connectivity index (χ1n) is 4.07. The summed E-state index contributed by atoms with van der Waals surface area (Å²) in [5.41, 5.74) is 2.55. The molecule has 2 aromatic rings. The van der Waals surface area contributed by atoms with Crippen LogP contribution in [0.15, 0.2) is 60.7 Å². The van der Waals surface area contributed by atoms with Gasteiger partial charge in [0, 0.05) is 0 Å². The second-order valence-corrected chi connectivity index (χ2v) is 2.73. The summed E-state index contributed by atoms with van der Waals surface area (Å²) >= 11 is 0. The third-order valence-electron chi connectivity index (χ3n) is 1.88. The molecule has 0 aliphatic carbocycles. The van der Waals surface area contributed by atoms with Gasteiger partial charge >= 0.3 is 103 Å². The Morgan fingerprint density at radius 2 is 0.714 bits per heavy atom. The summed E-state index contributed by atoms with van der Waals surface area (Å²) < 4.78 is 0. The fourth-order valence-corrected chi connectivity index (χ4v) is 1.26. The first-order valence-corrected chi connectivity index (χ1v) is 4.07. The van der Waals surface area contributed by atoms with Crippen LogP contribution < -0.4 is 0 Å². The van der Waals surface area contributed by atoms with E-state index in [1.165, 1.54) is 11.1 Å². The predicted molar refractivity (Wildman–Crippen MR) is 66.2 cm³/mol. The Morgan fingerprint density at radius 1 is 0.429 bits per heavy atom. The van der Waals surface area contributed by atoms with Gasteiger partial charge in [-0.1, -0.05) is 60.7 Å². The molecule has 0 aromatic heterocycles. The van der Waals surface area contributed by atoms with Gasteiger partial charge in [-0.2, -0.15) is 0 Å². The molecule has 0 nitrogen and oxygen atoms in total. The molecular weight excluding hydrogens is 222 g/mol. The summed E-state index contributed by atoms with van der Waals surface area (Å²) in [4.78, 5) is 0. The van der Waals surface area contributed by atoms with Crippen molar-refractivity contribution in [1.29, 1.82) is 0 Å². The van der Waals surface area contributed by atoms with Gasteiger partial charge in [0.25, 0.3) is 0 Å². The van der Waals surface area contributed by atoms with E-state index in [1.807, 2.05) is 12.1 Å². The zero-order chi connectivity index (χ0) is 8.23. The van der Waals surface area contributed by atoms with Crippen LogP contribution in [0.3, 0.4) is 0 Å². The Bertz CT molecular complexity index is 306. The molecule has 2 heteroatoms. The molecule has 0 saturated heterocycles. The Balaban J connectivity index is 0.000000845. The quantitative estimate of drug-likeness (QED) is 0.663. The standard InChI is InChI=1S/C12H10.2K.2H/c1-3-7-11(8-4-1)12-9-5-2-6-10-12;;;;/h1-10H;;;;. The third kappa shape index (κ3) is 4.70. The van der Waals surface area contributed by atoms with Crippen LogP contribution in [0.1, 0.15) is 0 Å². The molecule has 0 saturated carbocycles. The van der Waals surface area contributed by atoms with Crippen LogP contribution in [0.2, 0.25) is 0 Å². The van der Waals surface area contributed by atoms with Gasteiger partial charge in [0.05, 0.1) is 0 Å². The van der Waals surface area contributed by atoms with Gasteiger partial charge in [0.2, 0.25) is 0 Å². The predicted octanol–water partition coefficient (Wildman–Crippen LogP) is 2.06. The molecule has 0 aliphatic rings. The summed E-state index contributed by atoms with van der Waals surface area (Å²) in [6.07, 6.45) is 0. The van der Waals surface area contributed by atoms with E-state index in [0.717, 1.165) is 0 Å². The van der Waals surface area contributed by atoms with Gasteiger partial charge in [-0.05, 0) is 11.1 Å². The zero-order valence-electron chi connectivity index (χ0n) is 6.77. The van der Waals surface area contributed by atoms with Crippen molar-refractivity contribution in [2.45, 2.75) is 0 Å². The van der Waals surface area contributed by atoms with Gasteiger partial charge < -0.3 is 0 Å². The van der Waals surface area contributed by atoms with Gasteiger partial charge in [-0.3, -0.25) is 0 Å². The Hall–Kier alpha value is 1.71. The molecule has 0 fully saturated rings. The van der Waals surface area contributed by atoms with Gasteiger partial charge in [0.15, 0.2) is 0 Å². The number of rotatable bonds is 1. The average molecular weight is 234 g/mol. The maximum absolute atomic E-state index is 2.12. The molecule has 0 unspecified atom stereocenters. The van der Waals surface area contributed by atoms with Crippen molar-refractivity contribution in [3.63, 3.8) is 0 Å². The van der Waals surface area contributed by atoms with Crippen molar-refractivity contribution in [1.82, 2.24) is 0 Å². The van der Waals surface area contributed by atoms with Crippen LogP contribution in [0, 0.1) is 0 Å². The molecule has 0 aliphatic heterocycles. The van der Waals surface area contributed by atoms with Crippen molar-refractivity contribution in [3.8, 4) is 11.1 Å².